The number of aryl methyl sites for hydroxylation is 1. The van der Waals surface area contributed by atoms with Gasteiger partial charge in [0.15, 0.2) is 17.5 Å². The van der Waals surface area contributed by atoms with Crippen LogP contribution in [0.1, 0.15) is 34.6 Å². The summed E-state index contributed by atoms with van der Waals surface area (Å²) in [7, 11) is 3.15. The molecular weight excluding hydrogens is 397 g/mol. The Morgan fingerprint density at radius 3 is 2.50 bits per heavy atom. The predicted octanol–water partition coefficient (Wildman–Crippen LogP) is 3.67. The van der Waals surface area contributed by atoms with Gasteiger partial charge in [-0.15, -0.1) is 0 Å². The van der Waals surface area contributed by atoms with Crippen LogP contribution in [0.3, 0.4) is 0 Å². The van der Waals surface area contributed by atoms with Crippen molar-refractivity contribution in [3.05, 3.63) is 64.7 Å². The third-order valence-corrected chi connectivity index (χ3v) is 5.35. The Balaban J connectivity index is 1.69. The van der Waals surface area contributed by atoms with E-state index >= 15 is 0 Å². The van der Waals surface area contributed by atoms with Crippen LogP contribution in [-0.2, 0) is 13.5 Å². The molecule has 0 radical (unpaired) electrons. The number of benzene rings is 1. The zero-order valence-corrected chi connectivity index (χ0v) is 16.6. The zero-order valence-electron chi connectivity index (χ0n) is 16.6. The summed E-state index contributed by atoms with van der Waals surface area (Å²) >= 11 is 0. The Bertz CT molecular complexity index is 1110. The van der Waals surface area contributed by atoms with Gasteiger partial charge in [-0.3, -0.25) is 9.48 Å². The van der Waals surface area contributed by atoms with Crippen molar-refractivity contribution in [1.29, 1.82) is 0 Å². The molecule has 2 aromatic heterocycles. The smallest absolute Gasteiger partial charge is 0.255 e. The minimum Gasteiger partial charge on any atom is -0.481 e. The fourth-order valence-corrected chi connectivity index (χ4v) is 3.87. The molecule has 9 heteroatoms. The van der Waals surface area contributed by atoms with Gasteiger partial charge in [0.05, 0.1) is 30.1 Å². The average Bonchev–Trinajstić information content (AvgIpc) is 3.08. The molecule has 1 atom stereocenters. The highest BCUT2D eigenvalue weighted by molar-refractivity contribution is 5.94. The van der Waals surface area contributed by atoms with E-state index in [9.17, 15) is 18.0 Å². The zero-order chi connectivity index (χ0) is 21.6. The first-order chi connectivity index (χ1) is 14.3. The lowest BCUT2D eigenvalue weighted by Gasteiger charge is -2.33. The van der Waals surface area contributed by atoms with Crippen molar-refractivity contribution in [3.63, 3.8) is 0 Å². The number of hydrogen-bond acceptors (Lipinski definition) is 4. The highest BCUT2D eigenvalue weighted by Gasteiger charge is 2.33. The summed E-state index contributed by atoms with van der Waals surface area (Å²) < 4.78 is 47.4. The molecule has 0 unspecified atom stereocenters. The van der Waals surface area contributed by atoms with E-state index in [-0.39, 0.29) is 17.5 Å². The maximum absolute atomic E-state index is 13.8. The summed E-state index contributed by atoms with van der Waals surface area (Å²) in [5.41, 5.74) is 2.55. The number of methoxy groups -OCH3 is 1. The van der Waals surface area contributed by atoms with Gasteiger partial charge in [-0.05, 0) is 31.5 Å². The number of hydrogen-bond donors (Lipinski definition) is 0. The van der Waals surface area contributed by atoms with E-state index in [0.717, 1.165) is 17.7 Å². The standard InChI is InChI=1S/C21H19F3N4O2/c1-11-19-14(6-7-28(11)21(29)12-4-5-17(30-3)25-10-12)20(27(2)26-19)13-8-15(22)18(24)16(23)9-13/h4-5,8-11H,6-7H2,1-3H3/t11-/m0/s1. The molecule has 0 fully saturated rings. The number of carbonyl (C=O) groups is 1. The van der Waals surface area contributed by atoms with Gasteiger partial charge >= 0.3 is 0 Å². The van der Waals surface area contributed by atoms with Gasteiger partial charge < -0.3 is 9.64 Å². The Kier molecular flexibility index (Phi) is 4.97. The Hall–Kier alpha value is -3.36. The summed E-state index contributed by atoms with van der Waals surface area (Å²) in [6.45, 7) is 2.24. The SMILES string of the molecule is COc1ccc(C(=O)N2CCc3c(nn(C)c3-c3cc(F)c(F)c(F)c3)[C@@H]2C)cn1. The molecule has 1 aliphatic rings. The van der Waals surface area contributed by atoms with Crippen LogP contribution in [0.15, 0.2) is 30.5 Å². The second kappa shape index (κ2) is 7.47. The van der Waals surface area contributed by atoms with Crippen molar-refractivity contribution in [1.82, 2.24) is 19.7 Å². The van der Waals surface area contributed by atoms with E-state index in [0.29, 0.717) is 35.8 Å². The van der Waals surface area contributed by atoms with E-state index in [1.165, 1.54) is 18.0 Å². The molecule has 3 heterocycles. The van der Waals surface area contributed by atoms with Crippen LogP contribution in [0, 0.1) is 17.5 Å². The number of halogens is 3. The van der Waals surface area contributed by atoms with Crippen molar-refractivity contribution in [2.75, 3.05) is 13.7 Å². The number of aromatic nitrogens is 3. The summed E-state index contributed by atoms with van der Waals surface area (Å²) in [6.07, 6.45) is 1.90. The number of ether oxygens (including phenoxy) is 1. The lowest BCUT2D eigenvalue weighted by molar-refractivity contribution is 0.0673. The first-order valence-corrected chi connectivity index (χ1v) is 9.33. The van der Waals surface area contributed by atoms with Crippen LogP contribution in [-0.4, -0.2) is 39.2 Å². The molecule has 0 aliphatic carbocycles. The van der Waals surface area contributed by atoms with E-state index in [4.69, 9.17) is 4.74 Å². The van der Waals surface area contributed by atoms with Crippen LogP contribution < -0.4 is 4.74 Å². The van der Waals surface area contributed by atoms with Crippen molar-refractivity contribution < 1.29 is 22.7 Å². The van der Waals surface area contributed by atoms with E-state index < -0.39 is 17.5 Å². The molecule has 0 bridgehead atoms. The summed E-state index contributed by atoms with van der Waals surface area (Å²) in [5.74, 6) is -3.81. The molecule has 30 heavy (non-hydrogen) atoms. The van der Waals surface area contributed by atoms with E-state index in [2.05, 4.69) is 10.1 Å². The average molecular weight is 416 g/mol. The molecule has 4 rings (SSSR count). The first kappa shape index (κ1) is 19.9. The number of amides is 1. The van der Waals surface area contributed by atoms with Crippen LogP contribution in [0.5, 0.6) is 5.88 Å². The van der Waals surface area contributed by atoms with Crippen molar-refractivity contribution >= 4 is 5.91 Å². The second-order valence-corrected chi connectivity index (χ2v) is 7.10. The number of fused-ring (bicyclic) bond motifs is 1. The number of nitrogens with zero attached hydrogens (tertiary/aromatic N) is 4. The van der Waals surface area contributed by atoms with Crippen LogP contribution in [0.4, 0.5) is 13.2 Å². The molecule has 1 aliphatic heterocycles. The fourth-order valence-electron chi connectivity index (χ4n) is 3.87. The highest BCUT2D eigenvalue weighted by atomic mass is 19.2. The lowest BCUT2D eigenvalue weighted by Crippen LogP contribution is -2.39. The van der Waals surface area contributed by atoms with Crippen LogP contribution >= 0.6 is 0 Å². The van der Waals surface area contributed by atoms with Crippen LogP contribution in [0.2, 0.25) is 0 Å². The van der Waals surface area contributed by atoms with Crippen molar-refractivity contribution in [2.24, 2.45) is 7.05 Å². The van der Waals surface area contributed by atoms with Crippen molar-refractivity contribution in [2.45, 2.75) is 19.4 Å². The second-order valence-electron chi connectivity index (χ2n) is 7.10. The maximum atomic E-state index is 13.8. The van der Waals surface area contributed by atoms with Gasteiger partial charge in [-0.25, -0.2) is 18.2 Å². The summed E-state index contributed by atoms with van der Waals surface area (Å²) in [5, 5.41) is 4.49. The Labute approximate surface area is 170 Å². The molecule has 6 nitrogen and oxygen atoms in total. The summed E-state index contributed by atoms with van der Waals surface area (Å²) in [4.78, 5) is 18.7. The molecule has 3 aromatic rings. The van der Waals surface area contributed by atoms with E-state index in [1.54, 1.807) is 24.1 Å². The number of pyridine rings is 1. The first-order valence-electron chi connectivity index (χ1n) is 9.33. The van der Waals surface area contributed by atoms with Gasteiger partial charge in [0.2, 0.25) is 5.88 Å². The molecule has 1 amide bonds. The Morgan fingerprint density at radius 1 is 1.20 bits per heavy atom. The number of rotatable bonds is 3. The normalized spacial score (nSPS) is 15.8. The topological polar surface area (TPSA) is 60.2 Å². The third-order valence-electron chi connectivity index (χ3n) is 5.35. The monoisotopic (exact) mass is 416 g/mol. The minimum atomic E-state index is -1.51. The number of carbonyl (C=O) groups excluding carboxylic acids is 1. The maximum Gasteiger partial charge on any atom is 0.255 e. The molecule has 0 saturated carbocycles. The Morgan fingerprint density at radius 2 is 1.90 bits per heavy atom. The predicted molar refractivity (Wildman–Crippen MR) is 102 cm³/mol. The molecule has 1 aromatic carbocycles. The molecule has 156 valence electrons. The van der Waals surface area contributed by atoms with Gasteiger partial charge in [-0.1, -0.05) is 0 Å². The molecule has 0 spiro atoms. The van der Waals surface area contributed by atoms with Crippen molar-refractivity contribution in [3.8, 4) is 17.1 Å². The minimum absolute atomic E-state index is 0.200. The third kappa shape index (κ3) is 3.20. The highest BCUT2D eigenvalue weighted by Crippen LogP contribution is 2.36. The van der Waals surface area contributed by atoms with Crippen LogP contribution in [0.25, 0.3) is 11.3 Å². The lowest BCUT2D eigenvalue weighted by atomic mass is 9.95. The summed E-state index contributed by atoms with van der Waals surface area (Å²) in [6, 6.07) is 4.81. The van der Waals surface area contributed by atoms with Gasteiger partial charge in [0.25, 0.3) is 5.91 Å². The van der Waals surface area contributed by atoms with Gasteiger partial charge in [0.1, 0.15) is 0 Å². The fraction of sp³-hybridized carbons (Fsp3) is 0.286. The quantitative estimate of drug-likeness (QED) is 0.612. The largest absolute Gasteiger partial charge is 0.481 e. The van der Waals surface area contributed by atoms with Gasteiger partial charge in [-0.2, -0.15) is 5.10 Å². The van der Waals surface area contributed by atoms with E-state index in [1.807, 2.05) is 6.92 Å². The molecule has 0 N–H and O–H groups in total. The molecular formula is C21H19F3N4O2. The molecule has 0 saturated heterocycles. The van der Waals surface area contributed by atoms with Gasteiger partial charge in [0, 0.05) is 37.0 Å².